The Labute approximate surface area is 121 Å². The van der Waals surface area contributed by atoms with Gasteiger partial charge in [0.05, 0.1) is 0 Å². The van der Waals surface area contributed by atoms with Crippen molar-refractivity contribution in [2.75, 3.05) is 13.1 Å². The molecule has 0 aromatic heterocycles. The molecule has 2 fully saturated rings. The van der Waals surface area contributed by atoms with Gasteiger partial charge in [0.1, 0.15) is 0 Å². The van der Waals surface area contributed by atoms with Crippen LogP contribution in [0.4, 0.5) is 0 Å². The van der Waals surface area contributed by atoms with Gasteiger partial charge in [0, 0.05) is 6.04 Å². The first-order valence-electron chi connectivity index (χ1n) is 9.02. The summed E-state index contributed by atoms with van der Waals surface area (Å²) in [6, 6.07) is 0.808. The van der Waals surface area contributed by atoms with E-state index in [2.05, 4.69) is 25.7 Å². The predicted molar refractivity (Wildman–Crippen MR) is 84.4 cm³/mol. The summed E-state index contributed by atoms with van der Waals surface area (Å²) in [5, 5.41) is 0. The van der Waals surface area contributed by atoms with Crippen molar-refractivity contribution in [2.45, 2.75) is 84.6 Å². The Bertz CT molecular complexity index is 240. The highest BCUT2D eigenvalue weighted by Crippen LogP contribution is 2.43. The van der Waals surface area contributed by atoms with Crippen molar-refractivity contribution in [3.8, 4) is 0 Å². The maximum Gasteiger partial charge on any atom is 0.00977 e. The SMILES string of the molecule is CCN(CC)C(C)C1CCCCC1C1CCCCC1. The Morgan fingerprint density at radius 3 is 2.05 bits per heavy atom. The van der Waals surface area contributed by atoms with Crippen LogP contribution in [0.25, 0.3) is 0 Å². The average Bonchev–Trinajstić information content (AvgIpc) is 2.49. The van der Waals surface area contributed by atoms with Gasteiger partial charge in [-0.05, 0) is 50.6 Å². The van der Waals surface area contributed by atoms with Gasteiger partial charge in [0.25, 0.3) is 0 Å². The molecule has 2 aliphatic carbocycles. The summed E-state index contributed by atoms with van der Waals surface area (Å²) in [6.45, 7) is 9.63. The first kappa shape index (κ1) is 15.4. The van der Waals surface area contributed by atoms with E-state index in [0.29, 0.717) is 0 Å². The molecule has 3 unspecified atom stereocenters. The fraction of sp³-hybridized carbons (Fsp3) is 1.00. The van der Waals surface area contributed by atoms with Gasteiger partial charge >= 0.3 is 0 Å². The molecule has 0 spiro atoms. The molecular formula is C18H35N. The molecule has 112 valence electrons. The van der Waals surface area contributed by atoms with Crippen molar-refractivity contribution in [1.82, 2.24) is 4.90 Å². The van der Waals surface area contributed by atoms with E-state index in [1.165, 1.54) is 70.9 Å². The fourth-order valence-electron chi connectivity index (χ4n) is 5.01. The van der Waals surface area contributed by atoms with E-state index in [-0.39, 0.29) is 0 Å². The lowest BCUT2D eigenvalue weighted by Crippen LogP contribution is -2.44. The molecule has 0 N–H and O–H groups in total. The minimum atomic E-state index is 0.808. The van der Waals surface area contributed by atoms with Crippen LogP contribution < -0.4 is 0 Å². The monoisotopic (exact) mass is 265 g/mol. The Balaban J connectivity index is 2.01. The van der Waals surface area contributed by atoms with E-state index >= 15 is 0 Å². The number of nitrogens with zero attached hydrogens (tertiary/aromatic N) is 1. The summed E-state index contributed by atoms with van der Waals surface area (Å²) in [5.74, 6) is 3.10. The summed E-state index contributed by atoms with van der Waals surface area (Å²) in [5.41, 5.74) is 0. The molecule has 2 saturated carbocycles. The van der Waals surface area contributed by atoms with Crippen LogP contribution in [0.1, 0.15) is 78.6 Å². The molecule has 0 heterocycles. The van der Waals surface area contributed by atoms with E-state index in [1.54, 1.807) is 0 Å². The Kier molecular flexibility index (Phi) is 6.19. The molecule has 19 heavy (non-hydrogen) atoms. The molecule has 0 bridgehead atoms. The number of hydrogen-bond donors (Lipinski definition) is 0. The van der Waals surface area contributed by atoms with Gasteiger partial charge in [-0.3, -0.25) is 0 Å². The van der Waals surface area contributed by atoms with Crippen molar-refractivity contribution in [2.24, 2.45) is 17.8 Å². The predicted octanol–water partition coefficient (Wildman–Crippen LogP) is 5.10. The van der Waals surface area contributed by atoms with Crippen LogP contribution in [-0.2, 0) is 0 Å². The zero-order valence-corrected chi connectivity index (χ0v) is 13.5. The highest BCUT2D eigenvalue weighted by Gasteiger charge is 2.36. The summed E-state index contributed by atoms with van der Waals surface area (Å²) in [7, 11) is 0. The molecule has 0 amide bonds. The third-order valence-electron chi connectivity index (χ3n) is 6.14. The van der Waals surface area contributed by atoms with Crippen LogP contribution in [-0.4, -0.2) is 24.0 Å². The third-order valence-corrected chi connectivity index (χ3v) is 6.14. The van der Waals surface area contributed by atoms with Gasteiger partial charge in [0.15, 0.2) is 0 Å². The second-order valence-corrected chi connectivity index (χ2v) is 6.97. The van der Waals surface area contributed by atoms with E-state index in [9.17, 15) is 0 Å². The van der Waals surface area contributed by atoms with Crippen molar-refractivity contribution >= 4 is 0 Å². The zero-order valence-electron chi connectivity index (χ0n) is 13.5. The topological polar surface area (TPSA) is 3.24 Å². The second-order valence-electron chi connectivity index (χ2n) is 6.97. The van der Waals surface area contributed by atoms with Gasteiger partial charge in [0.2, 0.25) is 0 Å². The van der Waals surface area contributed by atoms with E-state index in [1.807, 2.05) is 0 Å². The minimum absolute atomic E-state index is 0.808. The summed E-state index contributed by atoms with van der Waals surface area (Å²) in [6.07, 6.45) is 13.6. The zero-order chi connectivity index (χ0) is 13.7. The molecule has 0 radical (unpaired) electrons. The van der Waals surface area contributed by atoms with Crippen LogP contribution in [0.15, 0.2) is 0 Å². The maximum absolute atomic E-state index is 2.70. The Morgan fingerprint density at radius 2 is 1.42 bits per heavy atom. The molecule has 2 rings (SSSR count). The summed E-state index contributed by atoms with van der Waals surface area (Å²) in [4.78, 5) is 2.70. The van der Waals surface area contributed by atoms with E-state index in [0.717, 1.165) is 23.8 Å². The molecule has 1 heteroatoms. The highest BCUT2D eigenvalue weighted by molar-refractivity contribution is 4.88. The van der Waals surface area contributed by atoms with Gasteiger partial charge in [-0.15, -0.1) is 0 Å². The number of rotatable bonds is 5. The van der Waals surface area contributed by atoms with Crippen LogP contribution in [0.3, 0.4) is 0 Å². The molecular weight excluding hydrogens is 230 g/mol. The summed E-state index contributed by atoms with van der Waals surface area (Å²) < 4.78 is 0. The molecule has 0 aromatic rings. The number of hydrogen-bond acceptors (Lipinski definition) is 1. The summed E-state index contributed by atoms with van der Waals surface area (Å²) >= 11 is 0. The largest absolute Gasteiger partial charge is 0.301 e. The smallest absolute Gasteiger partial charge is 0.00977 e. The average molecular weight is 265 g/mol. The minimum Gasteiger partial charge on any atom is -0.301 e. The fourth-order valence-corrected chi connectivity index (χ4v) is 5.01. The van der Waals surface area contributed by atoms with Crippen LogP contribution >= 0.6 is 0 Å². The first-order valence-corrected chi connectivity index (χ1v) is 9.02. The first-order chi connectivity index (χ1) is 9.27. The standard InChI is InChI=1S/C18H35N/c1-4-19(5-2)15(3)17-13-9-10-14-18(17)16-11-7-6-8-12-16/h15-18H,4-14H2,1-3H3. The van der Waals surface area contributed by atoms with Gasteiger partial charge in [-0.25, -0.2) is 0 Å². The van der Waals surface area contributed by atoms with Crippen LogP contribution in [0.2, 0.25) is 0 Å². The van der Waals surface area contributed by atoms with Crippen molar-refractivity contribution in [1.29, 1.82) is 0 Å². The highest BCUT2D eigenvalue weighted by atomic mass is 15.1. The van der Waals surface area contributed by atoms with Crippen molar-refractivity contribution in [3.05, 3.63) is 0 Å². The molecule has 3 atom stereocenters. The van der Waals surface area contributed by atoms with Gasteiger partial charge < -0.3 is 4.90 Å². The van der Waals surface area contributed by atoms with Crippen LogP contribution in [0.5, 0.6) is 0 Å². The molecule has 1 nitrogen and oxygen atoms in total. The molecule has 0 aliphatic heterocycles. The second kappa shape index (κ2) is 7.67. The van der Waals surface area contributed by atoms with E-state index in [4.69, 9.17) is 0 Å². The molecule has 2 aliphatic rings. The van der Waals surface area contributed by atoms with E-state index < -0.39 is 0 Å². The van der Waals surface area contributed by atoms with Crippen molar-refractivity contribution in [3.63, 3.8) is 0 Å². The Hall–Kier alpha value is -0.0400. The molecule has 0 aromatic carbocycles. The normalized spacial score (nSPS) is 31.6. The van der Waals surface area contributed by atoms with Gasteiger partial charge in [-0.1, -0.05) is 58.8 Å². The van der Waals surface area contributed by atoms with Crippen molar-refractivity contribution < 1.29 is 0 Å². The third kappa shape index (κ3) is 3.74. The molecule has 0 saturated heterocycles. The lowest BCUT2D eigenvalue weighted by Gasteiger charge is -2.44. The Morgan fingerprint density at radius 1 is 0.842 bits per heavy atom. The quantitative estimate of drug-likeness (QED) is 0.668. The lowest BCUT2D eigenvalue weighted by atomic mass is 9.66. The van der Waals surface area contributed by atoms with Gasteiger partial charge in [-0.2, -0.15) is 0 Å². The maximum atomic E-state index is 2.70. The lowest BCUT2D eigenvalue weighted by molar-refractivity contribution is 0.0539. The van der Waals surface area contributed by atoms with Crippen LogP contribution in [0, 0.1) is 17.8 Å².